The van der Waals surface area contributed by atoms with E-state index in [-0.39, 0.29) is 23.2 Å². The van der Waals surface area contributed by atoms with Crippen LogP contribution in [0.5, 0.6) is 0 Å². The van der Waals surface area contributed by atoms with Gasteiger partial charge in [-0.1, -0.05) is 12.1 Å². The highest BCUT2D eigenvalue weighted by Gasteiger charge is 2.32. The van der Waals surface area contributed by atoms with E-state index in [0.29, 0.717) is 5.69 Å². The van der Waals surface area contributed by atoms with Crippen LogP contribution < -0.4 is 26.2 Å². The molecule has 12 nitrogen and oxygen atoms in total. The highest BCUT2D eigenvalue weighted by Crippen LogP contribution is 2.46. The number of benzene rings is 1. The fourth-order valence-corrected chi connectivity index (χ4v) is 3.59. The molecule has 12 heteroatoms. The maximum absolute atomic E-state index is 12.7. The smallest absolute Gasteiger partial charge is 0.320 e. The number of hydrogen-bond donors (Lipinski definition) is 4. The van der Waals surface area contributed by atoms with Crippen LogP contribution in [0.15, 0.2) is 24.3 Å². The van der Waals surface area contributed by atoms with Crippen LogP contribution in [0.25, 0.3) is 11.3 Å². The lowest BCUT2D eigenvalue weighted by atomic mass is 9.96. The lowest BCUT2D eigenvalue weighted by molar-refractivity contribution is 0.0958. The summed E-state index contributed by atoms with van der Waals surface area (Å²) in [7, 11) is 5.11. The number of urea groups is 1. The molecule has 166 valence electrons. The van der Waals surface area contributed by atoms with E-state index in [1.165, 1.54) is 17.9 Å². The first-order valence-electron chi connectivity index (χ1n) is 11.2. The summed E-state index contributed by atoms with van der Waals surface area (Å²) in [6.07, 6.45) is 0. The molecule has 4 N–H and O–H groups in total. The summed E-state index contributed by atoms with van der Waals surface area (Å²) >= 11 is 0. The molecule has 0 spiro atoms. The van der Waals surface area contributed by atoms with Gasteiger partial charge < -0.3 is 20.9 Å². The molecule has 32 heavy (non-hydrogen) atoms. The molecule has 0 bridgehead atoms. The molecule has 3 heterocycles. The van der Waals surface area contributed by atoms with Gasteiger partial charge in [0.05, 0.1) is 23.1 Å². The first-order valence-corrected chi connectivity index (χ1v) is 9.72. The van der Waals surface area contributed by atoms with Gasteiger partial charge in [0.15, 0.2) is 11.5 Å². The Bertz CT molecular complexity index is 1310. The Morgan fingerprint density at radius 3 is 2.69 bits per heavy atom. The minimum Gasteiger partial charge on any atom is -0.364 e. The summed E-state index contributed by atoms with van der Waals surface area (Å²) in [4.78, 5) is 28.0. The van der Waals surface area contributed by atoms with E-state index in [9.17, 15) is 9.59 Å². The maximum Gasteiger partial charge on any atom is 0.320 e. The van der Waals surface area contributed by atoms with E-state index in [1.54, 1.807) is 13.1 Å². The second-order valence-corrected chi connectivity index (χ2v) is 7.19. The average molecular weight is 439 g/mol. The molecule has 1 aliphatic heterocycles. The van der Waals surface area contributed by atoms with Gasteiger partial charge in [0, 0.05) is 43.9 Å². The Labute approximate surface area is 188 Å². The molecule has 1 aliphatic rings. The van der Waals surface area contributed by atoms with Crippen molar-refractivity contribution >= 4 is 34.8 Å². The van der Waals surface area contributed by atoms with Gasteiger partial charge in [-0.25, -0.2) is 4.79 Å². The van der Waals surface area contributed by atoms with Crippen molar-refractivity contribution in [2.45, 2.75) is 13.0 Å². The number of nitrogens with zero attached hydrogens (tertiary/aromatic N) is 6. The molecule has 4 rings (SSSR count). The highest BCUT2D eigenvalue weighted by molar-refractivity contribution is 6.00. The van der Waals surface area contributed by atoms with Gasteiger partial charge in [-0.2, -0.15) is 15.0 Å². The third-order valence-electron chi connectivity index (χ3n) is 5.22. The summed E-state index contributed by atoms with van der Waals surface area (Å²) in [5.41, 5.74) is 3.70. The van der Waals surface area contributed by atoms with Gasteiger partial charge in [0.2, 0.25) is 0 Å². The number of hydrogen-bond acceptors (Lipinski definition) is 8. The topological polar surface area (TPSA) is 142 Å². The predicted molar refractivity (Wildman–Crippen MR) is 120 cm³/mol. The van der Waals surface area contributed by atoms with Crippen LogP contribution in [0.4, 0.5) is 27.7 Å². The molecule has 3 amide bonds. The zero-order valence-electron chi connectivity index (χ0n) is 20.9. The number of aromatic nitrogens is 5. The first kappa shape index (κ1) is 17.5. The number of fused-ring (bicyclic) bond motifs is 3. The first-order chi connectivity index (χ1) is 16.5. The molecule has 1 aromatic carbocycles. The van der Waals surface area contributed by atoms with Crippen molar-refractivity contribution in [1.82, 2.24) is 35.8 Å². The molecule has 0 radical (unpaired) electrons. The van der Waals surface area contributed by atoms with Crippen molar-refractivity contribution in [1.29, 1.82) is 0 Å². The minimum atomic E-state index is -2.72. The van der Waals surface area contributed by atoms with Crippen LogP contribution in [0.3, 0.4) is 0 Å². The molecule has 0 saturated heterocycles. The standard InChI is InChI=1S/C20H24N10O2/c1-10-15-16(28-30(5)27-15)11-7-6-8-12(18(11)29(10)4)23-13-9-14(24-20(32)22-3)25-26-17(13)19(31)21-2/h6-10H,1-5H3,(H,21,31)(H3,22,23,24,25,32)/i2D3. The molecule has 1 unspecified atom stereocenters. The summed E-state index contributed by atoms with van der Waals surface area (Å²) in [5.74, 6) is -0.894. The predicted octanol–water partition coefficient (Wildman–Crippen LogP) is 1.64. The van der Waals surface area contributed by atoms with E-state index in [1.807, 2.05) is 36.3 Å². The number of anilines is 4. The van der Waals surface area contributed by atoms with Crippen molar-refractivity contribution in [3.05, 3.63) is 35.7 Å². The van der Waals surface area contributed by atoms with Gasteiger partial charge in [-0.15, -0.1) is 10.2 Å². The fourth-order valence-electron chi connectivity index (χ4n) is 3.59. The SMILES string of the molecule is [2H]C([2H])([2H])NC(=O)c1nnc(NC(=O)NC)cc1Nc1cccc2c1N(C)C(C)c1nn(C)nc1-2. The number of carbonyl (C=O) groups excluding carboxylic acids is 2. The van der Waals surface area contributed by atoms with Gasteiger partial charge in [0.25, 0.3) is 5.91 Å². The monoisotopic (exact) mass is 439 g/mol. The molecule has 0 fully saturated rings. The fraction of sp³-hybridized carbons (Fsp3) is 0.300. The molecule has 2 aromatic heterocycles. The van der Waals surface area contributed by atoms with Crippen LogP contribution >= 0.6 is 0 Å². The molecule has 3 aromatic rings. The number of rotatable bonds is 4. The maximum atomic E-state index is 12.7. The largest absolute Gasteiger partial charge is 0.364 e. The van der Waals surface area contributed by atoms with Crippen molar-refractivity contribution in [3.8, 4) is 11.3 Å². The minimum absolute atomic E-state index is 0.0556. The van der Waals surface area contributed by atoms with Crippen LogP contribution in [0.2, 0.25) is 0 Å². The highest BCUT2D eigenvalue weighted by atomic mass is 16.2. The Hall–Kier alpha value is -4.22. The Balaban J connectivity index is 1.80. The zero-order chi connectivity index (χ0) is 25.5. The lowest BCUT2D eigenvalue weighted by Gasteiger charge is -2.34. The van der Waals surface area contributed by atoms with E-state index in [4.69, 9.17) is 4.11 Å². The average Bonchev–Trinajstić information content (AvgIpc) is 3.18. The molecule has 0 saturated carbocycles. The van der Waals surface area contributed by atoms with Crippen molar-refractivity contribution in [2.75, 3.05) is 36.6 Å². The van der Waals surface area contributed by atoms with Gasteiger partial charge in [0.1, 0.15) is 11.4 Å². The Morgan fingerprint density at radius 1 is 1.12 bits per heavy atom. The summed E-state index contributed by atoms with van der Waals surface area (Å²) < 4.78 is 22.1. The van der Waals surface area contributed by atoms with E-state index in [0.717, 1.165) is 22.6 Å². The summed E-state index contributed by atoms with van der Waals surface area (Å²) in [6.45, 7) is -0.721. The normalized spacial score (nSPS) is 16.1. The second kappa shape index (κ2) is 8.13. The quantitative estimate of drug-likeness (QED) is 0.481. The van der Waals surface area contributed by atoms with Crippen molar-refractivity contribution in [3.63, 3.8) is 0 Å². The molecule has 1 atom stereocenters. The van der Waals surface area contributed by atoms with Crippen molar-refractivity contribution < 1.29 is 13.7 Å². The van der Waals surface area contributed by atoms with Gasteiger partial charge >= 0.3 is 6.03 Å². The number of aryl methyl sites for hydroxylation is 1. The van der Waals surface area contributed by atoms with Gasteiger partial charge in [-0.05, 0) is 13.0 Å². The van der Waals surface area contributed by atoms with E-state index in [2.05, 4.69) is 36.3 Å². The van der Waals surface area contributed by atoms with Crippen LogP contribution in [0, 0.1) is 0 Å². The van der Waals surface area contributed by atoms with Crippen LogP contribution in [-0.2, 0) is 7.05 Å². The molecular formula is C20H24N10O2. The number of carbonyl (C=O) groups is 2. The molecular weight excluding hydrogens is 412 g/mol. The second-order valence-electron chi connectivity index (χ2n) is 7.19. The van der Waals surface area contributed by atoms with E-state index >= 15 is 0 Å². The summed E-state index contributed by atoms with van der Waals surface area (Å²) in [5, 5.41) is 26.7. The third kappa shape index (κ3) is 3.55. The van der Waals surface area contributed by atoms with Crippen LogP contribution in [-0.4, -0.2) is 58.2 Å². The van der Waals surface area contributed by atoms with E-state index < -0.39 is 18.9 Å². The number of amides is 3. The Kier molecular flexibility index (Phi) is 4.44. The van der Waals surface area contributed by atoms with Crippen molar-refractivity contribution in [2.24, 2.45) is 7.05 Å². The van der Waals surface area contributed by atoms with Gasteiger partial charge in [-0.3, -0.25) is 10.1 Å². The number of para-hydroxylation sites is 1. The summed E-state index contributed by atoms with van der Waals surface area (Å²) in [6, 6.07) is 6.32. The number of nitrogens with one attached hydrogen (secondary N) is 4. The molecule has 0 aliphatic carbocycles. The third-order valence-corrected chi connectivity index (χ3v) is 5.22. The Morgan fingerprint density at radius 2 is 1.94 bits per heavy atom. The van der Waals surface area contributed by atoms with Crippen LogP contribution in [0.1, 0.15) is 33.3 Å². The lowest BCUT2D eigenvalue weighted by Crippen LogP contribution is -2.28. The zero-order valence-corrected chi connectivity index (χ0v) is 17.9.